The van der Waals surface area contributed by atoms with E-state index in [0.29, 0.717) is 6.04 Å². The fourth-order valence-corrected chi connectivity index (χ4v) is 5.13. The molecule has 2 unspecified atom stereocenters. The van der Waals surface area contributed by atoms with Gasteiger partial charge in [0.25, 0.3) is 0 Å². The van der Waals surface area contributed by atoms with Crippen LogP contribution in [0.1, 0.15) is 25.7 Å². The first kappa shape index (κ1) is 17.2. The second-order valence-corrected chi connectivity index (χ2v) is 8.39. The highest BCUT2D eigenvalue weighted by atomic mass is 16.5. The van der Waals surface area contributed by atoms with E-state index >= 15 is 0 Å². The summed E-state index contributed by atoms with van der Waals surface area (Å²) < 4.78 is 10.9. The van der Waals surface area contributed by atoms with Gasteiger partial charge in [-0.1, -0.05) is 0 Å². The summed E-state index contributed by atoms with van der Waals surface area (Å²) in [5.74, 6) is 4.13. The fourth-order valence-electron chi connectivity index (χ4n) is 5.13. The molecule has 27 heavy (non-hydrogen) atoms. The number of hydrogen-bond acceptors (Lipinski definition) is 6. The third kappa shape index (κ3) is 3.87. The van der Waals surface area contributed by atoms with Crippen molar-refractivity contribution < 1.29 is 9.15 Å². The van der Waals surface area contributed by atoms with Gasteiger partial charge in [-0.05, 0) is 67.7 Å². The van der Waals surface area contributed by atoms with E-state index in [0.717, 1.165) is 48.2 Å². The summed E-state index contributed by atoms with van der Waals surface area (Å²) >= 11 is 0. The van der Waals surface area contributed by atoms with Crippen molar-refractivity contribution in [3.63, 3.8) is 0 Å². The molecule has 5 rings (SSSR count). The first-order valence-corrected chi connectivity index (χ1v) is 10.3. The Morgan fingerprint density at radius 2 is 1.85 bits per heavy atom. The predicted molar refractivity (Wildman–Crippen MR) is 103 cm³/mol. The van der Waals surface area contributed by atoms with Gasteiger partial charge in [0.2, 0.25) is 0 Å². The monoisotopic (exact) mass is 368 g/mol. The van der Waals surface area contributed by atoms with Crippen LogP contribution in [0.4, 0.5) is 5.82 Å². The lowest BCUT2D eigenvalue weighted by molar-refractivity contribution is 0.0545. The summed E-state index contributed by atoms with van der Waals surface area (Å²) in [5.41, 5.74) is 0.776. The topological polar surface area (TPSA) is 63.4 Å². The first-order valence-electron chi connectivity index (χ1n) is 10.3. The van der Waals surface area contributed by atoms with E-state index in [1.54, 1.807) is 6.26 Å². The number of nitrogens with one attached hydrogen (secondary N) is 1. The van der Waals surface area contributed by atoms with Gasteiger partial charge in [-0.3, -0.25) is 0 Å². The lowest BCUT2D eigenvalue weighted by Crippen LogP contribution is -2.32. The van der Waals surface area contributed by atoms with Crippen LogP contribution in [0.25, 0.3) is 11.5 Å². The summed E-state index contributed by atoms with van der Waals surface area (Å²) in [7, 11) is 0. The molecule has 0 bridgehead atoms. The van der Waals surface area contributed by atoms with Crippen molar-refractivity contribution in [2.45, 2.75) is 31.7 Å². The van der Waals surface area contributed by atoms with Gasteiger partial charge in [0.05, 0.1) is 6.26 Å². The van der Waals surface area contributed by atoms with E-state index in [4.69, 9.17) is 9.15 Å². The predicted octanol–water partition coefficient (Wildman–Crippen LogP) is 3.29. The van der Waals surface area contributed by atoms with E-state index in [2.05, 4.69) is 20.4 Å². The molecule has 1 saturated carbocycles. The maximum Gasteiger partial charge on any atom is 0.154 e. The molecule has 2 aliphatic heterocycles. The summed E-state index contributed by atoms with van der Waals surface area (Å²) in [6.45, 7) is 5.72. The molecule has 6 nitrogen and oxygen atoms in total. The lowest BCUT2D eigenvalue weighted by atomic mass is 10.00. The Balaban J connectivity index is 1.12. The zero-order chi connectivity index (χ0) is 18.1. The standard InChI is InChI=1S/C21H28N4O2/c1-2-20(27-7-1)19-3-4-21(24-23-19)22-18-10-16-13-25(14-17(16)11-18)12-15-5-8-26-9-6-15/h1-4,7,15-18H,5-6,8-14H2,(H,22,24). The molecule has 4 heterocycles. The zero-order valence-corrected chi connectivity index (χ0v) is 15.7. The number of likely N-dealkylation sites (tertiary alicyclic amines) is 1. The van der Waals surface area contributed by atoms with Gasteiger partial charge < -0.3 is 19.4 Å². The molecule has 144 valence electrons. The molecule has 2 atom stereocenters. The summed E-state index contributed by atoms with van der Waals surface area (Å²) in [6, 6.07) is 8.28. The Labute approximate surface area is 160 Å². The molecular formula is C21H28N4O2. The first-order chi connectivity index (χ1) is 13.3. The van der Waals surface area contributed by atoms with Crippen LogP contribution < -0.4 is 5.32 Å². The van der Waals surface area contributed by atoms with Crippen LogP contribution in [0.15, 0.2) is 34.9 Å². The number of anilines is 1. The third-order valence-electron chi connectivity index (χ3n) is 6.47. The quantitative estimate of drug-likeness (QED) is 0.874. The van der Waals surface area contributed by atoms with Gasteiger partial charge in [-0.15, -0.1) is 10.2 Å². The normalized spacial score (nSPS) is 29.1. The fraction of sp³-hybridized carbons (Fsp3) is 0.619. The third-order valence-corrected chi connectivity index (χ3v) is 6.47. The van der Waals surface area contributed by atoms with Crippen LogP contribution >= 0.6 is 0 Å². The Morgan fingerprint density at radius 1 is 1.04 bits per heavy atom. The molecule has 2 saturated heterocycles. The van der Waals surface area contributed by atoms with Crippen LogP contribution in [-0.2, 0) is 4.74 Å². The van der Waals surface area contributed by atoms with E-state index in [1.807, 2.05) is 24.3 Å². The number of nitrogens with zero attached hydrogens (tertiary/aromatic N) is 3. The number of furan rings is 1. The van der Waals surface area contributed by atoms with Crippen molar-refractivity contribution in [2.24, 2.45) is 17.8 Å². The molecule has 2 aromatic rings. The van der Waals surface area contributed by atoms with E-state index in [1.165, 1.54) is 45.3 Å². The van der Waals surface area contributed by atoms with Crippen molar-refractivity contribution in [3.8, 4) is 11.5 Å². The van der Waals surface area contributed by atoms with Crippen molar-refractivity contribution in [1.82, 2.24) is 15.1 Å². The average molecular weight is 368 g/mol. The second-order valence-electron chi connectivity index (χ2n) is 8.39. The van der Waals surface area contributed by atoms with Gasteiger partial charge in [0.15, 0.2) is 5.76 Å². The zero-order valence-electron chi connectivity index (χ0n) is 15.7. The molecule has 1 aliphatic carbocycles. The smallest absolute Gasteiger partial charge is 0.154 e. The van der Waals surface area contributed by atoms with Gasteiger partial charge in [0, 0.05) is 38.9 Å². The molecule has 0 aromatic carbocycles. The van der Waals surface area contributed by atoms with E-state index in [9.17, 15) is 0 Å². The largest absolute Gasteiger partial charge is 0.463 e. The van der Waals surface area contributed by atoms with Crippen molar-refractivity contribution in [1.29, 1.82) is 0 Å². The van der Waals surface area contributed by atoms with Crippen molar-refractivity contribution in [3.05, 3.63) is 30.5 Å². The Morgan fingerprint density at radius 3 is 2.52 bits per heavy atom. The van der Waals surface area contributed by atoms with Gasteiger partial charge in [-0.25, -0.2) is 0 Å². The number of aromatic nitrogens is 2. The minimum absolute atomic E-state index is 0.522. The molecule has 3 aliphatic rings. The number of ether oxygens (including phenoxy) is 1. The van der Waals surface area contributed by atoms with Crippen molar-refractivity contribution >= 4 is 5.82 Å². The molecule has 6 heteroatoms. The van der Waals surface area contributed by atoms with Gasteiger partial charge in [0.1, 0.15) is 11.5 Å². The molecule has 3 fully saturated rings. The van der Waals surface area contributed by atoms with Crippen LogP contribution in [0.3, 0.4) is 0 Å². The molecule has 0 amide bonds. The van der Waals surface area contributed by atoms with E-state index in [-0.39, 0.29) is 0 Å². The van der Waals surface area contributed by atoms with Crippen LogP contribution in [0.2, 0.25) is 0 Å². The molecule has 0 spiro atoms. The lowest BCUT2D eigenvalue weighted by Gasteiger charge is -2.27. The van der Waals surface area contributed by atoms with Crippen LogP contribution in [0.5, 0.6) is 0 Å². The Kier molecular flexibility index (Phi) is 4.84. The van der Waals surface area contributed by atoms with Gasteiger partial charge >= 0.3 is 0 Å². The summed E-state index contributed by atoms with van der Waals surface area (Å²) in [5, 5.41) is 12.2. The van der Waals surface area contributed by atoms with Crippen molar-refractivity contribution in [2.75, 3.05) is 38.2 Å². The number of rotatable bonds is 5. The molecule has 2 aromatic heterocycles. The molecule has 0 radical (unpaired) electrons. The molecular weight excluding hydrogens is 340 g/mol. The maximum absolute atomic E-state index is 5.49. The molecule has 1 N–H and O–H groups in total. The second kappa shape index (κ2) is 7.60. The average Bonchev–Trinajstić information content (AvgIpc) is 3.40. The van der Waals surface area contributed by atoms with Gasteiger partial charge in [-0.2, -0.15) is 0 Å². The maximum atomic E-state index is 5.49. The number of fused-ring (bicyclic) bond motifs is 1. The van der Waals surface area contributed by atoms with Crippen LogP contribution in [0, 0.1) is 17.8 Å². The van der Waals surface area contributed by atoms with E-state index < -0.39 is 0 Å². The number of hydrogen-bond donors (Lipinski definition) is 1. The van der Waals surface area contributed by atoms with Crippen LogP contribution in [-0.4, -0.2) is 54.0 Å². The SMILES string of the molecule is c1coc(-c2ccc(NC3CC4CN(CC5CCOCC5)CC4C3)nn2)c1. The minimum atomic E-state index is 0.522. The minimum Gasteiger partial charge on any atom is -0.463 e. The summed E-state index contributed by atoms with van der Waals surface area (Å²) in [4.78, 5) is 2.71. The highest BCUT2D eigenvalue weighted by Gasteiger charge is 2.41. The Bertz CT molecular complexity index is 713. The summed E-state index contributed by atoms with van der Waals surface area (Å²) in [6.07, 6.45) is 6.63. The Hall–Kier alpha value is -1.92. The highest BCUT2D eigenvalue weighted by molar-refractivity contribution is 5.52. The highest BCUT2D eigenvalue weighted by Crippen LogP contribution is 2.39.